The molecule has 0 saturated heterocycles. The Balaban J connectivity index is 2.96. The number of aliphatic hydroxyl groups excluding tert-OH is 1. The van der Waals surface area contributed by atoms with Gasteiger partial charge in [0, 0.05) is 9.35 Å². The van der Waals surface area contributed by atoms with Crippen molar-refractivity contribution in [2.75, 3.05) is 6.61 Å². The summed E-state index contributed by atoms with van der Waals surface area (Å²) < 4.78 is 27.0. The van der Waals surface area contributed by atoms with Crippen molar-refractivity contribution in [3.63, 3.8) is 0 Å². The number of hydrogen-bond acceptors (Lipinski definition) is 1. The summed E-state index contributed by atoms with van der Waals surface area (Å²) in [4.78, 5) is 0. The Kier molecular flexibility index (Phi) is 1.61. The van der Waals surface area contributed by atoms with E-state index in [1.54, 1.807) is 0 Å². The third kappa shape index (κ3) is 1.81. The fraction of sp³-hybridized carbons (Fsp3) is 0.250. The Morgan fingerprint density at radius 2 is 2.00 bits per heavy atom. The van der Waals surface area contributed by atoms with Gasteiger partial charge in [0.05, 0.1) is 0 Å². The molecule has 0 aliphatic carbocycles. The van der Waals surface area contributed by atoms with E-state index in [9.17, 15) is 4.39 Å². The fourth-order valence-corrected chi connectivity index (χ4v) is 0.659. The van der Waals surface area contributed by atoms with E-state index in [0.29, 0.717) is 0 Å². The van der Waals surface area contributed by atoms with E-state index >= 15 is 0 Å². The first-order chi connectivity index (χ1) is 5.56. The topological polar surface area (TPSA) is 20.2 Å². The number of aliphatic hydroxyl groups is 1. The summed E-state index contributed by atoms with van der Waals surface area (Å²) >= 11 is 0. The molecule has 1 N–H and O–H groups in total. The molecule has 2 heteroatoms. The van der Waals surface area contributed by atoms with Gasteiger partial charge in [0.2, 0.25) is 0 Å². The van der Waals surface area contributed by atoms with Gasteiger partial charge in [-0.05, 0) is 24.1 Å². The highest BCUT2D eigenvalue weighted by Crippen LogP contribution is 2.02. The molecule has 0 aromatic heterocycles. The van der Waals surface area contributed by atoms with Crippen LogP contribution in [0.1, 0.15) is 8.30 Å². The zero-order chi connectivity index (χ0) is 9.19. The van der Waals surface area contributed by atoms with Crippen molar-refractivity contribution in [2.45, 2.75) is 6.37 Å². The van der Waals surface area contributed by atoms with Crippen LogP contribution in [0.3, 0.4) is 0 Å². The Morgan fingerprint density at radius 1 is 1.40 bits per heavy atom. The summed E-state index contributed by atoms with van der Waals surface area (Å²) in [6.07, 6.45) is -1.78. The maximum atomic E-state index is 12.4. The van der Waals surface area contributed by atoms with Gasteiger partial charge in [0.15, 0.2) is 0 Å². The predicted octanol–water partition coefficient (Wildman–Crippen LogP) is 1.36. The largest absolute Gasteiger partial charge is 0.396 e. The van der Waals surface area contributed by atoms with E-state index in [4.69, 9.17) is 7.85 Å². The molecule has 0 bridgehead atoms. The lowest BCUT2D eigenvalue weighted by molar-refractivity contribution is 0.299. The van der Waals surface area contributed by atoms with Crippen LogP contribution in [-0.2, 0) is 6.37 Å². The monoisotopic (exact) mass is 142 g/mol. The van der Waals surface area contributed by atoms with Crippen LogP contribution in [0.5, 0.6) is 0 Å². The molecule has 1 nitrogen and oxygen atoms in total. The summed E-state index contributed by atoms with van der Waals surface area (Å²) in [6, 6.07) is 4.99. The predicted molar refractivity (Wildman–Crippen MR) is 37.2 cm³/mol. The Hall–Kier alpha value is -0.890. The second-order valence-corrected chi connectivity index (χ2v) is 1.84. The van der Waals surface area contributed by atoms with Gasteiger partial charge in [0.1, 0.15) is 5.82 Å². The first-order valence-electron chi connectivity index (χ1n) is 3.93. The number of halogens is 1. The molecule has 0 radical (unpaired) electrons. The third-order valence-electron chi connectivity index (χ3n) is 1.13. The molecule has 54 valence electrons. The quantitative estimate of drug-likeness (QED) is 0.661. The summed E-state index contributed by atoms with van der Waals surface area (Å²) in [5.74, 6) is -0.410. The molecule has 0 atom stereocenters. The van der Waals surface area contributed by atoms with Crippen molar-refractivity contribution in [2.24, 2.45) is 0 Å². The normalized spacial score (nSPS) is 14.2. The lowest BCUT2D eigenvalue weighted by Crippen LogP contribution is -1.89. The highest BCUT2D eigenvalue weighted by atomic mass is 19.1. The van der Waals surface area contributed by atoms with Gasteiger partial charge in [0.25, 0.3) is 0 Å². The zero-order valence-electron chi connectivity index (χ0n) is 7.34. The molecule has 0 heterocycles. The van der Waals surface area contributed by atoms with E-state index < -0.39 is 18.8 Å². The minimum atomic E-state index is -1.78. The Labute approximate surface area is 61.9 Å². The molecular formula is C8H9FO. The molecule has 0 unspecified atom stereocenters. The van der Waals surface area contributed by atoms with Crippen LogP contribution in [0, 0.1) is 5.82 Å². The van der Waals surface area contributed by atoms with Gasteiger partial charge < -0.3 is 5.11 Å². The minimum Gasteiger partial charge on any atom is -0.396 e. The average molecular weight is 142 g/mol. The van der Waals surface area contributed by atoms with Crippen LogP contribution in [0.25, 0.3) is 0 Å². The van der Waals surface area contributed by atoms with Crippen molar-refractivity contribution in [3.8, 4) is 0 Å². The molecule has 10 heavy (non-hydrogen) atoms. The van der Waals surface area contributed by atoms with Crippen LogP contribution < -0.4 is 0 Å². The van der Waals surface area contributed by atoms with Crippen molar-refractivity contribution >= 4 is 0 Å². The van der Waals surface area contributed by atoms with Gasteiger partial charge in [-0.15, -0.1) is 0 Å². The zero-order valence-corrected chi connectivity index (χ0v) is 5.34. The van der Waals surface area contributed by atoms with Crippen LogP contribution in [0.15, 0.2) is 24.3 Å². The molecule has 1 rings (SSSR count). The van der Waals surface area contributed by atoms with Crippen LogP contribution >= 0.6 is 0 Å². The van der Waals surface area contributed by atoms with E-state index in [1.165, 1.54) is 24.3 Å². The van der Waals surface area contributed by atoms with E-state index in [2.05, 4.69) is 0 Å². The summed E-state index contributed by atoms with van der Waals surface area (Å²) in [6.45, 7) is -0.599. The molecule has 1 aromatic carbocycles. The standard InChI is InChI=1S/C8H9FO/c9-8-3-1-7(2-4-8)5-6-10/h1-4,10H,5-6H2/i5D2. The van der Waals surface area contributed by atoms with Gasteiger partial charge in [-0.2, -0.15) is 0 Å². The maximum absolute atomic E-state index is 12.4. The minimum absolute atomic E-state index is 0.284. The fourth-order valence-electron chi connectivity index (χ4n) is 0.659. The Morgan fingerprint density at radius 3 is 2.50 bits per heavy atom. The third-order valence-corrected chi connectivity index (χ3v) is 1.13. The second kappa shape index (κ2) is 3.32. The summed E-state index contributed by atoms with van der Waals surface area (Å²) in [5, 5.41) is 8.65. The van der Waals surface area contributed by atoms with Gasteiger partial charge >= 0.3 is 0 Å². The van der Waals surface area contributed by atoms with Gasteiger partial charge in [-0.25, -0.2) is 4.39 Å². The van der Waals surface area contributed by atoms with Gasteiger partial charge in [-0.1, -0.05) is 12.1 Å². The molecule has 0 aliphatic rings. The molecule has 0 spiro atoms. The van der Waals surface area contributed by atoms with Crippen molar-refractivity contribution in [1.82, 2.24) is 0 Å². The summed E-state index contributed by atoms with van der Waals surface area (Å²) in [7, 11) is 0. The molecular weight excluding hydrogens is 131 g/mol. The lowest BCUT2D eigenvalue weighted by Gasteiger charge is -1.95. The SMILES string of the molecule is [2H]C([2H])(CO)c1ccc(F)cc1. The maximum Gasteiger partial charge on any atom is 0.123 e. The van der Waals surface area contributed by atoms with Crippen LogP contribution in [0.4, 0.5) is 4.39 Å². The highest BCUT2D eigenvalue weighted by molar-refractivity contribution is 5.15. The van der Waals surface area contributed by atoms with Crippen molar-refractivity contribution < 1.29 is 12.2 Å². The molecule has 0 aliphatic heterocycles. The Bertz CT molecular complexity index is 258. The molecule has 1 aromatic rings. The summed E-state index contributed by atoms with van der Waals surface area (Å²) in [5.41, 5.74) is 0.284. The first-order valence-corrected chi connectivity index (χ1v) is 2.93. The van der Waals surface area contributed by atoms with E-state index in [0.717, 1.165) is 0 Å². The average Bonchev–Trinajstić information content (AvgIpc) is 2.05. The second-order valence-electron chi connectivity index (χ2n) is 1.84. The van der Waals surface area contributed by atoms with Crippen molar-refractivity contribution in [1.29, 1.82) is 0 Å². The number of benzene rings is 1. The molecule has 0 saturated carbocycles. The lowest BCUT2D eigenvalue weighted by atomic mass is 10.2. The smallest absolute Gasteiger partial charge is 0.123 e. The highest BCUT2D eigenvalue weighted by Gasteiger charge is 1.90. The number of rotatable bonds is 2. The van der Waals surface area contributed by atoms with Gasteiger partial charge in [-0.3, -0.25) is 0 Å². The van der Waals surface area contributed by atoms with E-state index in [1.807, 2.05) is 0 Å². The molecule has 0 fully saturated rings. The number of hydrogen-bond donors (Lipinski definition) is 1. The van der Waals surface area contributed by atoms with E-state index in [-0.39, 0.29) is 5.56 Å². The van der Waals surface area contributed by atoms with Crippen LogP contribution in [0.2, 0.25) is 0 Å². The molecule has 0 amide bonds. The van der Waals surface area contributed by atoms with Crippen LogP contribution in [-0.4, -0.2) is 11.7 Å². The first kappa shape index (κ1) is 4.85. The van der Waals surface area contributed by atoms with Crippen molar-refractivity contribution in [3.05, 3.63) is 35.6 Å².